The molecule has 0 aliphatic carbocycles. The quantitative estimate of drug-likeness (QED) is 0.190. The maximum absolute atomic E-state index is 11.7. The van der Waals surface area contributed by atoms with Gasteiger partial charge in [-0.2, -0.15) is 25.7 Å². The Balaban J connectivity index is -0.000000205. The molecule has 0 bridgehead atoms. The van der Waals surface area contributed by atoms with E-state index in [0.29, 0.717) is 5.75 Å². The molecule has 0 aliphatic heterocycles. The van der Waals surface area contributed by atoms with Gasteiger partial charge >= 0.3 is 27.7 Å². The van der Waals surface area contributed by atoms with Crippen LogP contribution in [-0.4, -0.2) is 11.1 Å². The summed E-state index contributed by atoms with van der Waals surface area (Å²) in [7, 11) is 0. The van der Waals surface area contributed by atoms with Crippen LogP contribution in [0.5, 0.6) is 11.5 Å². The molecule has 2 rings (SSSR count). The Morgan fingerprint density at radius 1 is 0.697 bits per heavy atom. The minimum atomic E-state index is -0.565. The second-order valence-electron chi connectivity index (χ2n) is 6.63. The Hall–Kier alpha value is -1.58. The van der Waals surface area contributed by atoms with E-state index >= 15 is 0 Å². The van der Waals surface area contributed by atoms with Gasteiger partial charge in [0.2, 0.25) is 0 Å². The summed E-state index contributed by atoms with van der Waals surface area (Å²) in [5.74, 6) is -0.191. The molecule has 1 N–H and O–H groups in total. The minimum absolute atomic E-state index is 0. The van der Waals surface area contributed by atoms with Crippen LogP contribution >= 0.6 is 0 Å². The molecule has 2 aromatic rings. The predicted molar refractivity (Wildman–Crippen MR) is 141 cm³/mol. The molecule has 0 fully saturated rings. The number of benzene rings is 2. The SMILES string of the molecule is O=C(Oc1ccccc1)c1ccccc1O.[CH2-]CCC.[CH2-]CCC.[CH2-]CCC.[CH2-]CCC.[Ti+4]. The molecule has 0 aliphatic rings. The summed E-state index contributed by atoms with van der Waals surface area (Å²) in [6.45, 7) is 22.9. The maximum atomic E-state index is 11.7. The Kier molecular flexibility index (Phi) is 38.2. The summed E-state index contributed by atoms with van der Waals surface area (Å²) >= 11 is 0. The van der Waals surface area contributed by atoms with Gasteiger partial charge in [-0.05, 0) is 24.3 Å². The van der Waals surface area contributed by atoms with Crippen LogP contribution in [0.4, 0.5) is 0 Å². The van der Waals surface area contributed by atoms with E-state index in [9.17, 15) is 9.90 Å². The molecule has 0 heterocycles. The monoisotopic (exact) mass is 490 g/mol. The van der Waals surface area contributed by atoms with Gasteiger partial charge in [0.15, 0.2) is 0 Å². The fraction of sp³-hybridized carbons (Fsp3) is 0.414. The third-order valence-electron chi connectivity index (χ3n) is 3.49. The zero-order chi connectivity index (χ0) is 25.0. The topological polar surface area (TPSA) is 46.5 Å². The summed E-state index contributed by atoms with van der Waals surface area (Å²) in [5.41, 5.74) is 0.159. The van der Waals surface area contributed by atoms with E-state index in [1.54, 1.807) is 36.4 Å². The van der Waals surface area contributed by atoms with E-state index in [4.69, 9.17) is 4.74 Å². The number of esters is 1. The number of ether oxygens (including phenoxy) is 1. The van der Waals surface area contributed by atoms with Crippen molar-refractivity contribution in [3.05, 3.63) is 87.9 Å². The molecular weight excluding hydrogens is 444 g/mol. The van der Waals surface area contributed by atoms with Crippen molar-refractivity contribution in [3.8, 4) is 11.5 Å². The summed E-state index contributed by atoms with van der Waals surface area (Å²) in [6.07, 6.45) is 9.11. The number of carbonyl (C=O) groups is 1. The summed E-state index contributed by atoms with van der Waals surface area (Å²) in [6, 6.07) is 15.0. The van der Waals surface area contributed by atoms with Crippen molar-refractivity contribution in [1.29, 1.82) is 0 Å². The zero-order valence-corrected chi connectivity index (χ0v) is 23.0. The van der Waals surface area contributed by atoms with E-state index in [1.165, 1.54) is 37.8 Å². The molecule has 4 heteroatoms. The first-order chi connectivity index (χ1) is 15.4. The Morgan fingerprint density at radius 3 is 1.36 bits per heavy atom. The maximum Gasteiger partial charge on any atom is 4.00 e. The molecule has 0 amide bonds. The van der Waals surface area contributed by atoms with Gasteiger partial charge < -0.3 is 37.5 Å². The number of hydrogen-bond acceptors (Lipinski definition) is 3. The normalized spacial score (nSPS) is 8.36. The van der Waals surface area contributed by atoms with Crippen molar-refractivity contribution in [2.45, 2.75) is 79.1 Å². The predicted octanol–water partition coefficient (Wildman–Crippen LogP) is 9.09. The number of phenolic OH excluding ortho intramolecular Hbond substituents is 1. The number of carbonyl (C=O) groups excluding carboxylic acids is 1. The third-order valence-corrected chi connectivity index (χ3v) is 3.49. The van der Waals surface area contributed by atoms with E-state index < -0.39 is 5.97 Å². The number of phenols is 1. The molecule has 0 spiro atoms. The van der Waals surface area contributed by atoms with E-state index in [-0.39, 0.29) is 33.0 Å². The smallest absolute Gasteiger partial charge is 0.507 e. The minimum Gasteiger partial charge on any atom is -0.507 e. The van der Waals surface area contributed by atoms with E-state index in [1.807, 2.05) is 6.07 Å². The number of rotatable bonds is 6. The van der Waals surface area contributed by atoms with Gasteiger partial charge in [-0.25, -0.2) is 4.79 Å². The third kappa shape index (κ3) is 28.4. The van der Waals surface area contributed by atoms with Crippen molar-refractivity contribution in [2.75, 3.05) is 0 Å². The van der Waals surface area contributed by atoms with Crippen LogP contribution < -0.4 is 4.74 Å². The number of para-hydroxylation sites is 2. The second kappa shape index (κ2) is 32.6. The first kappa shape index (κ1) is 38.7. The molecule has 184 valence electrons. The van der Waals surface area contributed by atoms with Gasteiger partial charge in [-0.15, -0.1) is 0 Å². The number of hydrogen-bond donors (Lipinski definition) is 1. The van der Waals surface area contributed by atoms with Gasteiger partial charge in [0.05, 0.1) is 0 Å². The van der Waals surface area contributed by atoms with Crippen molar-refractivity contribution >= 4 is 5.97 Å². The van der Waals surface area contributed by atoms with Gasteiger partial charge in [-0.1, -0.05) is 83.7 Å². The first-order valence-corrected chi connectivity index (χ1v) is 11.7. The summed E-state index contributed by atoms with van der Waals surface area (Å²) < 4.78 is 5.08. The molecule has 33 heavy (non-hydrogen) atoms. The number of unbranched alkanes of at least 4 members (excludes halogenated alkanes) is 4. The Bertz CT molecular complexity index is 591. The Labute approximate surface area is 220 Å². The largest absolute Gasteiger partial charge is 4.00 e. The fourth-order valence-corrected chi connectivity index (χ4v) is 1.30. The molecule has 3 nitrogen and oxygen atoms in total. The van der Waals surface area contributed by atoms with Crippen LogP contribution in [0.1, 0.15) is 89.4 Å². The summed E-state index contributed by atoms with van der Waals surface area (Å²) in [4.78, 5) is 11.7. The molecular formula is C29H46O3Ti. The van der Waals surface area contributed by atoms with Crippen molar-refractivity contribution < 1.29 is 36.4 Å². The van der Waals surface area contributed by atoms with Gasteiger partial charge in [0.25, 0.3) is 0 Å². The number of aromatic hydroxyl groups is 1. The molecule has 2 aromatic carbocycles. The molecule has 0 aromatic heterocycles. The molecule has 0 atom stereocenters. The van der Waals surface area contributed by atoms with Crippen molar-refractivity contribution in [2.24, 2.45) is 0 Å². The fourth-order valence-electron chi connectivity index (χ4n) is 1.30. The van der Waals surface area contributed by atoms with Crippen LogP contribution in [0, 0.1) is 27.7 Å². The second-order valence-corrected chi connectivity index (χ2v) is 6.63. The van der Waals surface area contributed by atoms with Crippen LogP contribution in [-0.2, 0) is 21.7 Å². The molecule has 0 radical (unpaired) electrons. The van der Waals surface area contributed by atoms with Gasteiger partial charge in [-0.3, -0.25) is 0 Å². The van der Waals surface area contributed by atoms with E-state index in [2.05, 4.69) is 55.4 Å². The van der Waals surface area contributed by atoms with Crippen LogP contribution in [0.15, 0.2) is 54.6 Å². The van der Waals surface area contributed by atoms with Crippen molar-refractivity contribution in [1.82, 2.24) is 0 Å². The van der Waals surface area contributed by atoms with Crippen LogP contribution in [0.3, 0.4) is 0 Å². The molecule has 0 saturated carbocycles. The standard InChI is InChI=1S/C13H10O3.4C4H9.Ti/c14-12-9-5-4-8-11(12)13(15)16-10-6-2-1-3-7-10;4*1-3-4-2;/h1-9,14H;4*1,3-4H2,2H3;/q;4*-1;+4. The average molecular weight is 491 g/mol. The zero-order valence-electron chi connectivity index (χ0n) is 21.4. The average Bonchev–Trinajstić information content (AvgIpc) is 2.85. The van der Waals surface area contributed by atoms with Crippen LogP contribution in [0.2, 0.25) is 0 Å². The molecule has 0 saturated heterocycles. The first-order valence-electron chi connectivity index (χ1n) is 11.7. The van der Waals surface area contributed by atoms with Gasteiger partial charge in [0.1, 0.15) is 17.1 Å². The van der Waals surface area contributed by atoms with Gasteiger partial charge in [0, 0.05) is 0 Å². The van der Waals surface area contributed by atoms with Crippen LogP contribution in [0.25, 0.3) is 0 Å². The Morgan fingerprint density at radius 2 is 1.03 bits per heavy atom. The van der Waals surface area contributed by atoms with E-state index in [0.717, 1.165) is 25.7 Å². The molecule has 0 unspecified atom stereocenters. The van der Waals surface area contributed by atoms with Crippen molar-refractivity contribution in [3.63, 3.8) is 0 Å². The summed E-state index contributed by atoms with van der Waals surface area (Å²) in [5, 5.41) is 9.46.